The molecule has 4 aromatic rings. The van der Waals surface area contributed by atoms with Crippen molar-refractivity contribution in [2.24, 2.45) is 0 Å². The molecule has 1 N–H and O–H groups in total. The summed E-state index contributed by atoms with van der Waals surface area (Å²) in [6.07, 6.45) is 2.56. The number of aromatic nitrogens is 3. The van der Waals surface area contributed by atoms with Gasteiger partial charge in [-0.15, -0.1) is 0 Å². The van der Waals surface area contributed by atoms with E-state index < -0.39 is 70.3 Å². The highest BCUT2D eigenvalue weighted by Crippen LogP contribution is 2.45. The third-order valence-corrected chi connectivity index (χ3v) is 8.65. The van der Waals surface area contributed by atoms with Crippen LogP contribution >= 0.6 is 0 Å². The average molecular weight is 651 g/mol. The summed E-state index contributed by atoms with van der Waals surface area (Å²) in [7, 11) is 0. The SMILES string of the molecule is C=CC(=O)N1CC2C(=O)N(C(F)F)c3c(c4cc(F)c(-c5c(O)cccc5F)nc4n(-c4c(C)ccnc4C(C)C)c3=O)N2CC1C. The van der Waals surface area contributed by atoms with Crippen molar-refractivity contribution in [3.63, 3.8) is 0 Å². The van der Waals surface area contributed by atoms with Crippen LogP contribution in [0.15, 0.2) is 54.0 Å². The minimum absolute atomic E-state index is 0.0799. The van der Waals surface area contributed by atoms with Gasteiger partial charge in [-0.1, -0.05) is 26.5 Å². The summed E-state index contributed by atoms with van der Waals surface area (Å²) in [4.78, 5) is 52.8. The molecule has 2 unspecified atom stereocenters. The summed E-state index contributed by atoms with van der Waals surface area (Å²) in [5.41, 5.74) is -2.37. The Balaban J connectivity index is 1.79. The number of aryl methyl sites for hydroxylation is 1. The van der Waals surface area contributed by atoms with Gasteiger partial charge in [-0.25, -0.2) is 18.7 Å². The zero-order valence-electron chi connectivity index (χ0n) is 25.8. The van der Waals surface area contributed by atoms with Gasteiger partial charge in [-0.2, -0.15) is 8.78 Å². The number of hydrogen-bond acceptors (Lipinski definition) is 7. The van der Waals surface area contributed by atoms with Crippen LogP contribution in [0.2, 0.25) is 0 Å². The van der Waals surface area contributed by atoms with E-state index in [0.29, 0.717) is 11.3 Å². The van der Waals surface area contributed by atoms with Crippen LogP contribution in [-0.2, 0) is 9.59 Å². The Morgan fingerprint density at radius 2 is 1.81 bits per heavy atom. The molecule has 1 aromatic carbocycles. The highest BCUT2D eigenvalue weighted by atomic mass is 19.3. The lowest BCUT2D eigenvalue weighted by Gasteiger charge is -2.50. The number of piperazine rings is 1. The molecule has 14 heteroatoms. The van der Waals surface area contributed by atoms with Crippen molar-refractivity contribution < 1.29 is 32.3 Å². The van der Waals surface area contributed by atoms with E-state index in [2.05, 4.69) is 16.5 Å². The van der Waals surface area contributed by atoms with Crippen molar-refractivity contribution in [2.45, 2.75) is 52.2 Å². The van der Waals surface area contributed by atoms with E-state index in [-0.39, 0.29) is 46.3 Å². The third kappa shape index (κ3) is 4.81. The number of hydrogen-bond donors (Lipinski definition) is 1. The van der Waals surface area contributed by atoms with Crippen LogP contribution < -0.4 is 15.4 Å². The van der Waals surface area contributed by atoms with Crippen molar-refractivity contribution in [3.8, 4) is 22.7 Å². The van der Waals surface area contributed by atoms with Crippen LogP contribution in [-0.4, -0.2) is 68.1 Å². The second-order valence-electron chi connectivity index (χ2n) is 11.9. The van der Waals surface area contributed by atoms with Gasteiger partial charge in [0.1, 0.15) is 29.0 Å². The molecule has 2 aliphatic rings. The van der Waals surface area contributed by atoms with Crippen molar-refractivity contribution >= 4 is 34.2 Å². The Morgan fingerprint density at radius 1 is 1.09 bits per heavy atom. The monoisotopic (exact) mass is 650 g/mol. The summed E-state index contributed by atoms with van der Waals surface area (Å²) in [5, 5.41) is 10.4. The number of rotatable bonds is 5. The first-order chi connectivity index (χ1) is 22.3. The molecule has 2 amide bonds. The number of carbonyl (C=O) groups excluding carboxylic acids is 2. The van der Waals surface area contributed by atoms with E-state index in [1.54, 1.807) is 33.8 Å². The van der Waals surface area contributed by atoms with Crippen molar-refractivity contribution in [1.82, 2.24) is 19.4 Å². The molecule has 2 atom stereocenters. The van der Waals surface area contributed by atoms with Gasteiger partial charge in [-0.3, -0.25) is 23.9 Å². The molecule has 0 bridgehead atoms. The van der Waals surface area contributed by atoms with Crippen LogP contribution in [0.4, 0.5) is 28.9 Å². The average Bonchev–Trinajstić information content (AvgIpc) is 3.01. The number of amides is 2. The minimum atomic E-state index is -3.49. The molecule has 5 heterocycles. The maximum atomic E-state index is 16.2. The summed E-state index contributed by atoms with van der Waals surface area (Å²) in [5.74, 6) is -4.67. The van der Waals surface area contributed by atoms with Gasteiger partial charge in [0, 0.05) is 24.2 Å². The Bertz CT molecular complexity index is 2030. The lowest BCUT2D eigenvalue weighted by molar-refractivity contribution is -0.131. The zero-order chi connectivity index (χ0) is 34.1. The Hall–Kier alpha value is -5.27. The number of pyridine rings is 3. The molecular weight excluding hydrogens is 620 g/mol. The van der Waals surface area contributed by atoms with E-state index in [1.165, 1.54) is 22.1 Å². The number of benzene rings is 1. The van der Waals surface area contributed by atoms with Crippen LogP contribution in [0.25, 0.3) is 28.0 Å². The standard InChI is InChI=1S/C33H30F4N6O4/c1-6-23(45)40-14-21-31(46)43(33(36)37)29-28(41(21)13-17(40)5)18-12-20(35)26(24-19(34)8-7-9-22(24)44)39-30(18)42(32(29)47)27-16(4)10-11-38-25(27)15(2)3/h6-12,15,17,21,33,44H,1,13-14H2,2-5H3. The van der Waals surface area contributed by atoms with Gasteiger partial charge in [0.25, 0.3) is 11.5 Å². The maximum Gasteiger partial charge on any atom is 0.321 e. The second-order valence-corrected chi connectivity index (χ2v) is 11.9. The van der Waals surface area contributed by atoms with E-state index >= 15 is 8.78 Å². The first kappa shape index (κ1) is 31.7. The summed E-state index contributed by atoms with van der Waals surface area (Å²) >= 11 is 0. The highest BCUT2D eigenvalue weighted by Gasteiger charge is 2.49. The number of halogens is 4. The fourth-order valence-electron chi connectivity index (χ4n) is 6.50. The molecule has 244 valence electrons. The number of phenolic OH excluding ortho intramolecular Hbond substituents is 1. The van der Waals surface area contributed by atoms with Crippen LogP contribution in [0.1, 0.15) is 37.9 Å². The topological polar surface area (TPSA) is 112 Å². The smallest absolute Gasteiger partial charge is 0.321 e. The molecular formula is C33H30F4N6O4. The van der Waals surface area contributed by atoms with Crippen LogP contribution in [0.3, 0.4) is 0 Å². The fourth-order valence-corrected chi connectivity index (χ4v) is 6.50. The molecule has 10 nitrogen and oxygen atoms in total. The molecule has 47 heavy (non-hydrogen) atoms. The molecule has 0 radical (unpaired) electrons. The number of fused-ring (bicyclic) bond motifs is 5. The van der Waals surface area contributed by atoms with Crippen LogP contribution in [0.5, 0.6) is 5.75 Å². The molecule has 0 saturated carbocycles. The molecule has 0 spiro atoms. The molecule has 0 aliphatic carbocycles. The molecule has 1 saturated heterocycles. The summed E-state index contributed by atoms with van der Waals surface area (Å²) in [6.45, 7) is 6.55. The van der Waals surface area contributed by atoms with E-state index in [4.69, 9.17) is 0 Å². The van der Waals surface area contributed by atoms with Gasteiger partial charge < -0.3 is 14.9 Å². The molecule has 2 aliphatic heterocycles. The zero-order valence-corrected chi connectivity index (χ0v) is 25.8. The Morgan fingerprint density at radius 3 is 2.45 bits per heavy atom. The van der Waals surface area contributed by atoms with Gasteiger partial charge >= 0.3 is 6.55 Å². The number of nitrogens with zero attached hydrogens (tertiary/aromatic N) is 6. The van der Waals surface area contributed by atoms with Gasteiger partial charge in [-0.05, 0) is 55.7 Å². The molecule has 6 rings (SSSR count). The first-order valence-corrected chi connectivity index (χ1v) is 14.8. The summed E-state index contributed by atoms with van der Waals surface area (Å²) < 4.78 is 62.1. The largest absolute Gasteiger partial charge is 0.507 e. The third-order valence-electron chi connectivity index (χ3n) is 8.65. The number of aromatic hydroxyl groups is 1. The van der Waals surface area contributed by atoms with Gasteiger partial charge in [0.15, 0.2) is 11.5 Å². The lowest BCUT2D eigenvalue weighted by Crippen LogP contribution is -2.67. The van der Waals surface area contributed by atoms with E-state index in [1.807, 2.05) is 0 Å². The number of anilines is 2. The number of alkyl halides is 2. The van der Waals surface area contributed by atoms with Crippen molar-refractivity contribution in [2.75, 3.05) is 22.9 Å². The summed E-state index contributed by atoms with van der Waals surface area (Å²) in [6, 6.07) is 3.96. The molecule has 1 fully saturated rings. The quantitative estimate of drug-likeness (QED) is 0.183. The lowest BCUT2D eigenvalue weighted by atomic mass is 9.97. The Kier molecular flexibility index (Phi) is 7.77. The predicted octanol–water partition coefficient (Wildman–Crippen LogP) is 5.02. The number of carbonyl (C=O) groups is 2. The van der Waals surface area contributed by atoms with Crippen molar-refractivity contribution in [3.05, 3.63) is 82.4 Å². The normalized spacial score (nSPS) is 17.8. The van der Waals surface area contributed by atoms with Gasteiger partial charge in [0.2, 0.25) is 5.91 Å². The first-order valence-electron chi connectivity index (χ1n) is 14.8. The van der Waals surface area contributed by atoms with E-state index in [0.717, 1.165) is 28.8 Å². The maximum absolute atomic E-state index is 16.2. The molecule has 3 aromatic heterocycles. The second kappa shape index (κ2) is 11.5. The van der Waals surface area contributed by atoms with Gasteiger partial charge in [0.05, 0.1) is 29.2 Å². The predicted molar refractivity (Wildman–Crippen MR) is 167 cm³/mol. The Labute approximate surface area is 266 Å². The van der Waals surface area contributed by atoms with Crippen molar-refractivity contribution in [1.29, 1.82) is 0 Å². The number of phenols is 1. The minimum Gasteiger partial charge on any atom is -0.507 e. The fraction of sp³-hybridized carbons (Fsp3) is 0.303. The van der Waals surface area contributed by atoms with Crippen LogP contribution in [0, 0.1) is 18.6 Å². The highest BCUT2D eigenvalue weighted by molar-refractivity contribution is 6.12. The van der Waals surface area contributed by atoms with E-state index in [9.17, 15) is 28.3 Å².